The third kappa shape index (κ3) is 4.47. The fraction of sp³-hybridized carbons (Fsp3) is 0.500. The summed E-state index contributed by atoms with van der Waals surface area (Å²) in [7, 11) is 0. The molecule has 1 aromatic carbocycles. The van der Waals surface area contributed by atoms with E-state index in [1.165, 1.54) is 5.56 Å². The van der Waals surface area contributed by atoms with Crippen molar-refractivity contribution in [3.8, 4) is 0 Å². The van der Waals surface area contributed by atoms with Crippen LogP contribution < -0.4 is 5.32 Å². The fourth-order valence-electron chi connectivity index (χ4n) is 1.76. The quantitative estimate of drug-likeness (QED) is 0.690. The molecule has 0 aliphatic heterocycles. The molecule has 1 aromatic rings. The topological polar surface area (TPSA) is 69.6 Å². The van der Waals surface area contributed by atoms with Gasteiger partial charge in [-0.2, -0.15) is 0 Å². The maximum atomic E-state index is 10.4. The highest BCUT2D eigenvalue weighted by atomic mass is 16.4. The van der Waals surface area contributed by atoms with Crippen LogP contribution in [0.1, 0.15) is 37.5 Å². The summed E-state index contributed by atoms with van der Waals surface area (Å²) in [4.78, 5) is 10.4. The molecule has 0 aliphatic carbocycles. The van der Waals surface area contributed by atoms with Gasteiger partial charge in [0.25, 0.3) is 0 Å². The van der Waals surface area contributed by atoms with E-state index in [9.17, 15) is 9.90 Å². The molecule has 18 heavy (non-hydrogen) atoms. The zero-order chi connectivity index (χ0) is 13.5. The molecular formula is C14H21NO3. The van der Waals surface area contributed by atoms with E-state index in [0.29, 0.717) is 6.54 Å². The normalized spacial score (nSPS) is 14.2. The van der Waals surface area contributed by atoms with Gasteiger partial charge in [0.05, 0.1) is 12.5 Å². The monoisotopic (exact) mass is 251 g/mol. The summed E-state index contributed by atoms with van der Waals surface area (Å²) in [5.41, 5.74) is 2.08. The van der Waals surface area contributed by atoms with Gasteiger partial charge in [-0.25, -0.2) is 0 Å². The van der Waals surface area contributed by atoms with Gasteiger partial charge < -0.3 is 15.5 Å². The summed E-state index contributed by atoms with van der Waals surface area (Å²) >= 11 is 0. The highest BCUT2D eigenvalue weighted by Crippen LogP contribution is 2.17. The number of carboxylic acid groups (broad SMARTS) is 1. The van der Waals surface area contributed by atoms with Crippen LogP contribution in [0.15, 0.2) is 24.3 Å². The van der Waals surface area contributed by atoms with Crippen molar-refractivity contribution in [3.63, 3.8) is 0 Å². The number of carbonyl (C=O) groups is 1. The second kappa shape index (κ2) is 7.13. The largest absolute Gasteiger partial charge is 0.481 e. The number of rotatable bonds is 7. The van der Waals surface area contributed by atoms with Crippen LogP contribution in [0.2, 0.25) is 0 Å². The van der Waals surface area contributed by atoms with Gasteiger partial charge in [0.15, 0.2) is 0 Å². The molecular weight excluding hydrogens is 230 g/mol. The van der Waals surface area contributed by atoms with Gasteiger partial charge in [0.1, 0.15) is 0 Å². The van der Waals surface area contributed by atoms with Gasteiger partial charge in [-0.3, -0.25) is 4.79 Å². The van der Waals surface area contributed by atoms with Gasteiger partial charge >= 0.3 is 5.97 Å². The van der Waals surface area contributed by atoms with Crippen LogP contribution in [0.4, 0.5) is 0 Å². The summed E-state index contributed by atoms with van der Waals surface area (Å²) in [6, 6.07) is 7.67. The van der Waals surface area contributed by atoms with Crippen molar-refractivity contribution in [2.75, 3.05) is 6.54 Å². The van der Waals surface area contributed by atoms with Crippen LogP contribution >= 0.6 is 0 Å². The summed E-state index contributed by atoms with van der Waals surface area (Å²) in [5.74, 6) is -0.837. The molecule has 4 heteroatoms. The lowest BCUT2D eigenvalue weighted by molar-refractivity contribution is -0.136. The van der Waals surface area contributed by atoms with E-state index < -0.39 is 12.1 Å². The van der Waals surface area contributed by atoms with E-state index in [-0.39, 0.29) is 12.5 Å². The second-order valence-corrected chi connectivity index (χ2v) is 4.43. The predicted molar refractivity (Wildman–Crippen MR) is 70.5 cm³/mol. The molecule has 0 bridgehead atoms. The van der Waals surface area contributed by atoms with E-state index in [4.69, 9.17) is 5.11 Å². The van der Waals surface area contributed by atoms with E-state index >= 15 is 0 Å². The third-order valence-electron chi connectivity index (χ3n) is 3.01. The highest BCUT2D eigenvalue weighted by Gasteiger charge is 2.15. The first-order chi connectivity index (χ1) is 8.54. The molecule has 0 radical (unpaired) electrons. The number of aliphatic hydroxyl groups is 1. The first kappa shape index (κ1) is 14.7. The standard InChI is InChI=1S/C14H21NO3/c1-3-11-4-6-12(7-5-11)14(18)10(2)15-9-8-13(16)17/h4-7,10,14-15,18H,3,8-9H2,1-2H3,(H,16,17). The zero-order valence-corrected chi connectivity index (χ0v) is 10.9. The van der Waals surface area contributed by atoms with Gasteiger partial charge in [0.2, 0.25) is 0 Å². The molecule has 2 unspecified atom stereocenters. The lowest BCUT2D eigenvalue weighted by Crippen LogP contribution is -2.33. The molecule has 0 amide bonds. The third-order valence-corrected chi connectivity index (χ3v) is 3.01. The Bertz CT molecular complexity index is 375. The number of aliphatic carboxylic acids is 1. The number of hydrogen-bond acceptors (Lipinski definition) is 3. The van der Waals surface area contributed by atoms with E-state index in [0.717, 1.165) is 12.0 Å². The molecule has 4 nitrogen and oxygen atoms in total. The van der Waals surface area contributed by atoms with E-state index in [2.05, 4.69) is 12.2 Å². The Morgan fingerprint density at radius 1 is 1.33 bits per heavy atom. The number of carboxylic acids is 1. The molecule has 3 N–H and O–H groups in total. The van der Waals surface area contributed by atoms with Crippen LogP contribution in [0.25, 0.3) is 0 Å². The molecule has 0 aliphatic rings. The van der Waals surface area contributed by atoms with Crippen molar-refractivity contribution in [2.45, 2.75) is 38.8 Å². The Labute approximate surface area is 108 Å². The van der Waals surface area contributed by atoms with Gasteiger partial charge in [0, 0.05) is 12.6 Å². The van der Waals surface area contributed by atoms with Crippen molar-refractivity contribution in [1.29, 1.82) is 0 Å². The van der Waals surface area contributed by atoms with E-state index in [1.54, 1.807) is 0 Å². The first-order valence-corrected chi connectivity index (χ1v) is 6.26. The Balaban J connectivity index is 2.51. The molecule has 2 atom stereocenters. The summed E-state index contributed by atoms with van der Waals surface area (Å²) < 4.78 is 0. The SMILES string of the molecule is CCc1ccc(C(O)C(C)NCCC(=O)O)cc1. The van der Waals surface area contributed by atoms with Crippen molar-refractivity contribution >= 4 is 5.97 Å². The van der Waals surface area contributed by atoms with Gasteiger partial charge in [-0.15, -0.1) is 0 Å². The molecule has 0 fully saturated rings. The maximum Gasteiger partial charge on any atom is 0.304 e. The predicted octanol–water partition coefficient (Wildman–Crippen LogP) is 1.74. The average molecular weight is 251 g/mol. The number of benzene rings is 1. The van der Waals surface area contributed by atoms with Crippen LogP contribution in [0, 0.1) is 0 Å². The van der Waals surface area contributed by atoms with Crippen molar-refractivity contribution in [2.24, 2.45) is 0 Å². The minimum absolute atomic E-state index is 0.0613. The summed E-state index contributed by atoms with van der Waals surface area (Å²) in [6.45, 7) is 4.29. The number of nitrogens with one attached hydrogen (secondary N) is 1. The molecule has 0 aromatic heterocycles. The smallest absolute Gasteiger partial charge is 0.304 e. The Hall–Kier alpha value is -1.39. The number of aliphatic hydroxyl groups excluding tert-OH is 1. The average Bonchev–Trinajstić information content (AvgIpc) is 2.37. The minimum atomic E-state index is -0.837. The van der Waals surface area contributed by atoms with Crippen LogP contribution in [0.5, 0.6) is 0 Å². The lowest BCUT2D eigenvalue weighted by Gasteiger charge is -2.20. The van der Waals surface area contributed by atoms with Crippen molar-refractivity contribution in [3.05, 3.63) is 35.4 Å². The molecule has 0 spiro atoms. The van der Waals surface area contributed by atoms with Crippen molar-refractivity contribution < 1.29 is 15.0 Å². The Kier molecular flexibility index (Phi) is 5.82. The summed E-state index contributed by atoms with van der Waals surface area (Å²) in [5, 5.41) is 21.7. The lowest BCUT2D eigenvalue weighted by atomic mass is 10.0. The summed E-state index contributed by atoms with van der Waals surface area (Å²) in [6.07, 6.45) is 0.416. The zero-order valence-electron chi connectivity index (χ0n) is 10.9. The first-order valence-electron chi connectivity index (χ1n) is 6.26. The second-order valence-electron chi connectivity index (χ2n) is 4.43. The molecule has 0 saturated heterocycles. The minimum Gasteiger partial charge on any atom is -0.481 e. The van der Waals surface area contributed by atoms with Crippen molar-refractivity contribution in [1.82, 2.24) is 5.32 Å². The van der Waals surface area contributed by atoms with Crippen LogP contribution in [-0.2, 0) is 11.2 Å². The van der Waals surface area contributed by atoms with Gasteiger partial charge in [-0.1, -0.05) is 31.2 Å². The Morgan fingerprint density at radius 2 is 1.94 bits per heavy atom. The van der Waals surface area contributed by atoms with E-state index in [1.807, 2.05) is 31.2 Å². The van der Waals surface area contributed by atoms with Gasteiger partial charge in [-0.05, 0) is 24.5 Å². The van der Waals surface area contributed by atoms with Crippen LogP contribution in [-0.4, -0.2) is 28.8 Å². The maximum absolute atomic E-state index is 10.4. The molecule has 1 rings (SSSR count). The highest BCUT2D eigenvalue weighted by molar-refractivity contribution is 5.66. The molecule has 100 valence electrons. The van der Waals surface area contributed by atoms with Crippen LogP contribution in [0.3, 0.4) is 0 Å². The fourth-order valence-corrected chi connectivity index (χ4v) is 1.76. The molecule has 0 heterocycles. The number of aryl methyl sites for hydroxylation is 1. The number of hydrogen-bond donors (Lipinski definition) is 3. The Morgan fingerprint density at radius 3 is 2.44 bits per heavy atom. The molecule has 0 saturated carbocycles.